The van der Waals surface area contributed by atoms with Crippen molar-refractivity contribution in [2.75, 3.05) is 19.0 Å². The topological polar surface area (TPSA) is 73.1 Å². The highest BCUT2D eigenvalue weighted by Crippen LogP contribution is 2.10. The molecule has 0 saturated carbocycles. The minimum Gasteiger partial charge on any atom is -0.481 e. The number of hydrogen-bond donors (Lipinski definition) is 2. The van der Waals surface area contributed by atoms with Crippen LogP contribution in [0.2, 0.25) is 0 Å². The molecule has 3 N–H and O–H groups in total. The molecule has 0 aliphatic carbocycles. The Kier molecular flexibility index (Phi) is 4.69. The Balaban J connectivity index is 1.94. The first-order chi connectivity index (χ1) is 9.31. The molecule has 5 nitrogen and oxygen atoms in total. The van der Waals surface area contributed by atoms with Gasteiger partial charge in [0, 0.05) is 18.8 Å². The highest BCUT2D eigenvalue weighted by Gasteiger charge is 1.99. The van der Waals surface area contributed by atoms with Crippen molar-refractivity contribution in [3.8, 4) is 5.88 Å². The average molecular weight is 258 g/mol. The van der Waals surface area contributed by atoms with Gasteiger partial charge < -0.3 is 15.8 Å². The van der Waals surface area contributed by atoms with Crippen molar-refractivity contribution in [1.82, 2.24) is 9.97 Å². The fourth-order valence-electron chi connectivity index (χ4n) is 1.71. The van der Waals surface area contributed by atoms with E-state index in [0.717, 1.165) is 6.42 Å². The molecule has 0 fully saturated rings. The number of methoxy groups -OCH3 is 1. The van der Waals surface area contributed by atoms with Crippen LogP contribution in [-0.4, -0.2) is 23.6 Å². The number of anilines is 1. The first-order valence-corrected chi connectivity index (χ1v) is 6.20. The second-order valence-corrected chi connectivity index (χ2v) is 4.13. The van der Waals surface area contributed by atoms with Gasteiger partial charge in [-0.25, -0.2) is 4.98 Å². The smallest absolute Gasteiger partial charge is 0.226 e. The van der Waals surface area contributed by atoms with Crippen LogP contribution in [0.4, 0.5) is 5.95 Å². The van der Waals surface area contributed by atoms with Crippen LogP contribution in [0, 0.1) is 0 Å². The van der Waals surface area contributed by atoms with Gasteiger partial charge in [0.25, 0.3) is 0 Å². The summed E-state index contributed by atoms with van der Waals surface area (Å²) < 4.78 is 5.05. The lowest BCUT2D eigenvalue weighted by Gasteiger charge is -2.06. The standard InChI is InChI=1S/C14H18N4O/c1-19-13-7-9-16-14(18-13)17-10-12-4-2-11(3-5-12)6-8-15/h2-5,7,9H,6,8,10,15H2,1H3,(H,16,17,18). The van der Waals surface area contributed by atoms with Gasteiger partial charge in [0.15, 0.2) is 0 Å². The summed E-state index contributed by atoms with van der Waals surface area (Å²) in [5.41, 5.74) is 7.95. The van der Waals surface area contributed by atoms with Gasteiger partial charge in [-0.15, -0.1) is 0 Å². The minimum absolute atomic E-state index is 0.552. The quantitative estimate of drug-likeness (QED) is 0.823. The number of rotatable bonds is 6. The molecule has 100 valence electrons. The third-order valence-corrected chi connectivity index (χ3v) is 2.75. The second kappa shape index (κ2) is 6.70. The van der Waals surface area contributed by atoms with E-state index in [0.29, 0.717) is 24.9 Å². The first-order valence-electron chi connectivity index (χ1n) is 6.20. The van der Waals surface area contributed by atoms with E-state index in [1.54, 1.807) is 19.4 Å². The fourth-order valence-corrected chi connectivity index (χ4v) is 1.71. The fraction of sp³-hybridized carbons (Fsp3) is 0.286. The predicted octanol–water partition coefficient (Wildman–Crippen LogP) is 1.60. The summed E-state index contributed by atoms with van der Waals surface area (Å²) in [5, 5.41) is 3.16. The van der Waals surface area contributed by atoms with E-state index in [4.69, 9.17) is 10.5 Å². The van der Waals surface area contributed by atoms with Gasteiger partial charge in [0.05, 0.1) is 7.11 Å². The van der Waals surface area contributed by atoms with E-state index in [1.165, 1.54) is 11.1 Å². The maximum absolute atomic E-state index is 5.52. The molecule has 0 bridgehead atoms. The van der Waals surface area contributed by atoms with Crippen LogP contribution in [-0.2, 0) is 13.0 Å². The van der Waals surface area contributed by atoms with E-state index >= 15 is 0 Å². The van der Waals surface area contributed by atoms with Crippen LogP contribution in [0.3, 0.4) is 0 Å². The lowest BCUT2D eigenvalue weighted by molar-refractivity contribution is 0.397. The molecule has 0 aliphatic heterocycles. The van der Waals surface area contributed by atoms with E-state index in [-0.39, 0.29) is 0 Å². The molecule has 5 heteroatoms. The monoisotopic (exact) mass is 258 g/mol. The molecule has 2 rings (SSSR count). The lowest BCUT2D eigenvalue weighted by atomic mass is 10.1. The number of nitrogens with one attached hydrogen (secondary N) is 1. The molecule has 1 heterocycles. The molecule has 1 aromatic carbocycles. The van der Waals surface area contributed by atoms with E-state index in [2.05, 4.69) is 39.6 Å². The van der Waals surface area contributed by atoms with Crippen LogP contribution in [0.1, 0.15) is 11.1 Å². The summed E-state index contributed by atoms with van der Waals surface area (Å²) in [4.78, 5) is 8.32. The number of aromatic nitrogens is 2. The van der Waals surface area contributed by atoms with Crippen LogP contribution >= 0.6 is 0 Å². The number of hydrogen-bond acceptors (Lipinski definition) is 5. The van der Waals surface area contributed by atoms with E-state index in [9.17, 15) is 0 Å². The summed E-state index contributed by atoms with van der Waals surface area (Å²) >= 11 is 0. The second-order valence-electron chi connectivity index (χ2n) is 4.13. The van der Waals surface area contributed by atoms with E-state index < -0.39 is 0 Å². The zero-order chi connectivity index (χ0) is 13.5. The van der Waals surface area contributed by atoms with Gasteiger partial charge >= 0.3 is 0 Å². The first kappa shape index (κ1) is 13.3. The molecule has 0 unspecified atom stereocenters. The number of nitrogens with zero attached hydrogens (tertiary/aromatic N) is 2. The molecule has 1 aromatic heterocycles. The third-order valence-electron chi connectivity index (χ3n) is 2.75. The van der Waals surface area contributed by atoms with Crippen molar-refractivity contribution < 1.29 is 4.74 Å². The molecule has 0 amide bonds. The van der Waals surface area contributed by atoms with Crippen molar-refractivity contribution in [3.05, 3.63) is 47.7 Å². The van der Waals surface area contributed by atoms with Crippen LogP contribution in [0.25, 0.3) is 0 Å². The summed E-state index contributed by atoms with van der Waals surface area (Å²) in [6, 6.07) is 10.1. The predicted molar refractivity (Wildman–Crippen MR) is 75.1 cm³/mol. The zero-order valence-corrected chi connectivity index (χ0v) is 11.0. The van der Waals surface area contributed by atoms with Gasteiger partial charge in [-0.2, -0.15) is 4.98 Å². The van der Waals surface area contributed by atoms with Crippen molar-refractivity contribution in [2.45, 2.75) is 13.0 Å². The lowest BCUT2D eigenvalue weighted by Crippen LogP contribution is -2.05. The Morgan fingerprint density at radius 2 is 1.89 bits per heavy atom. The Labute approximate surface area is 112 Å². The van der Waals surface area contributed by atoms with Gasteiger partial charge in [-0.3, -0.25) is 0 Å². The van der Waals surface area contributed by atoms with Crippen molar-refractivity contribution in [2.24, 2.45) is 5.73 Å². The molecule has 0 radical (unpaired) electrons. The normalized spacial score (nSPS) is 10.2. The molecule has 0 atom stereocenters. The molecule has 0 aliphatic rings. The number of benzene rings is 1. The van der Waals surface area contributed by atoms with Gasteiger partial charge in [0.1, 0.15) is 0 Å². The largest absolute Gasteiger partial charge is 0.481 e. The minimum atomic E-state index is 0.552. The Bertz CT molecular complexity index is 513. The molecule has 0 saturated heterocycles. The van der Waals surface area contributed by atoms with Crippen molar-refractivity contribution in [3.63, 3.8) is 0 Å². The van der Waals surface area contributed by atoms with Crippen molar-refractivity contribution in [1.29, 1.82) is 0 Å². The highest BCUT2D eigenvalue weighted by atomic mass is 16.5. The zero-order valence-electron chi connectivity index (χ0n) is 11.0. The Morgan fingerprint density at radius 3 is 2.58 bits per heavy atom. The molecular formula is C14H18N4O. The summed E-state index contributed by atoms with van der Waals surface area (Å²) in [6.07, 6.45) is 2.57. The van der Waals surface area contributed by atoms with Crippen LogP contribution in [0.15, 0.2) is 36.5 Å². The number of nitrogens with two attached hydrogens (primary N) is 1. The number of ether oxygens (including phenoxy) is 1. The maximum Gasteiger partial charge on any atom is 0.226 e. The van der Waals surface area contributed by atoms with Crippen molar-refractivity contribution >= 4 is 5.95 Å². The SMILES string of the molecule is COc1ccnc(NCc2ccc(CCN)cc2)n1. The molecule has 19 heavy (non-hydrogen) atoms. The summed E-state index contributed by atoms with van der Waals surface area (Å²) in [5.74, 6) is 1.11. The van der Waals surface area contributed by atoms with Gasteiger partial charge in [-0.1, -0.05) is 24.3 Å². The summed E-state index contributed by atoms with van der Waals surface area (Å²) in [6.45, 7) is 1.35. The third kappa shape index (κ3) is 3.93. The average Bonchev–Trinajstić information content (AvgIpc) is 2.47. The molecule has 2 aromatic rings. The Morgan fingerprint density at radius 1 is 1.16 bits per heavy atom. The maximum atomic E-state index is 5.52. The van der Waals surface area contributed by atoms with Gasteiger partial charge in [-0.05, 0) is 24.1 Å². The Hall–Kier alpha value is -2.14. The molecule has 0 spiro atoms. The molecular weight excluding hydrogens is 240 g/mol. The summed E-state index contributed by atoms with van der Waals surface area (Å²) in [7, 11) is 1.59. The van der Waals surface area contributed by atoms with Gasteiger partial charge in [0.2, 0.25) is 11.8 Å². The van der Waals surface area contributed by atoms with Crippen LogP contribution < -0.4 is 15.8 Å². The van der Waals surface area contributed by atoms with Crippen LogP contribution in [0.5, 0.6) is 5.88 Å². The highest BCUT2D eigenvalue weighted by molar-refractivity contribution is 5.31. The van der Waals surface area contributed by atoms with E-state index in [1.807, 2.05) is 0 Å².